The zero-order valence-corrected chi connectivity index (χ0v) is 17.6. The average molecular weight is 474 g/mol. The molecule has 144 valence electrons. The Hall–Kier alpha value is -1.71. The molecule has 1 atom stereocenters. The number of aliphatic imine (C=N–C) groups is 1. The highest BCUT2D eigenvalue weighted by molar-refractivity contribution is 14.0. The number of guanidine groups is 1. The largest absolute Gasteiger partial charge is 0.488 e. The van der Waals surface area contributed by atoms with E-state index in [0.717, 1.165) is 31.2 Å². The van der Waals surface area contributed by atoms with Gasteiger partial charge in [-0.05, 0) is 18.6 Å². The van der Waals surface area contributed by atoms with Gasteiger partial charge in [0, 0.05) is 39.6 Å². The lowest BCUT2D eigenvalue weighted by molar-refractivity contribution is 0.0913. The summed E-state index contributed by atoms with van der Waals surface area (Å²) >= 11 is 0. The third-order valence-corrected chi connectivity index (χ3v) is 4.52. The van der Waals surface area contributed by atoms with Crippen molar-refractivity contribution in [3.05, 3.63) is 29.8 Å². The molecule has 7 nitrogen and oxygen atoms in total. The molecule has 0 bridgehead atoms. The molecule has 2 aliphatic heterocycles. The number of hydrogen-bond donors (Lipinski definition) is 1. The van der Waals surface area contributed by atoms with Gasteiger partial charge in [0.1, 0.15) is 11.9 Å². The Balaban J connectivity index is 0.00000243. The van der Waals surface area contributed by atoms with Crippen LogP contribution in [-0.2, 0) is 11.2 Å². The van der Waals surface area contributed by atoms with Crippen LogP contribution in [0.5, 0.6) is 5.75 Å². The van der Waals surface area contributed by atoms with E-state index in [4.69, 9.17) is 9.47 Å². The van der Waals surface area contributed by atoms with Gasteiger partial charge in [0.05, 0.1) is 13.2 Å². The summed E-state index contributed by atoms with van der Waals surface area (Å²) in [4.78, 5) is 20.0. The summed E-state index contributed by atoms with van der Waals surface area (Å²) in [5.41, 5.74) is 1.26. The van der Waals surface area contributed by atoms with E-state index in [1.54, 1.807) is 11.9 Å². The Morgan fingerprint density at radius 3 is 2.62 bits per heavy atom. The van der Waals surface area contributed by atoms with E-state index in [1.807, 2.05) is 25.1 Å². The minimum Gasteiger partial charge on any atom is -0.488 e. The van der Waals surface area contributed by atoms with Gasteiger partial charge in [-0.2, -0.15) is 0 Å². The molecule has 0 aromatic heterocycles. The van der Waals surface area contributed by atoms with E-state index < -0.39 is 0 Å². The van der Waals surface area contributed by atoms with E-state index in [1.165, 1.54) is 5.56 Å². The second-order valence-corrected chi connectivity index (χ2v) is 6.15. The molecule has 26 heavy (non-hydrogen) atoms. The van der Waals surface area contributed by atoms with Crippen molar-refractivity contribution in [1.29, 1.82) is 0 Å². The number of halogens is 1. The first-order valence-corrected chi connectivity index (χ1v) is 8.83. The number of nitrogens with zero attached hydrogens (tertiary/aromatic N) is 3. The molecule has 1 unspecified atom stereocenters. The van der Waals surface area contributed by atoms with Gasteiger partial charge in [-0.15, -0.1) is 24.0 Å². The normalized spacial score (nSPS) is 19.3. The van der Waals surface area contributed by atoms with Gasteiger partial charge in [0.25, 0.3) is 0 Å². The standard InChI is InChI=1S/C18H26N4O3.HI/c1-3-24-18(23)22-10-8-21(9-11-22)17(19-2)20-13-15-12-14-6-4-5-7-16(14)25-15;/h4-7,15H,3,8-13H2,1-2H3,(H,19,20);1H. The van der Waals surface area contributed by atoms with Crippen molar-refractivity contribution in [2.75, 3.05) is 46.4 Å². The summed E-state index contributed by atoms with van der Waals surface area (Å²) in [6.45, 7) is 5.71. The Morgan fingerprint density at radius 2 is 1.96 bits per heavy atom. The molecule has 2 heterocycles. The molecule has 0 radical (unpaired) electrons. The zero-order chi connectivity index (χ0) is 17.6. The molecule has 1 amide bonds. The van der Waals surface area contributed by atoms with E-state index in [2.05, 4.69) is 21.3 Å². The van der Waals surface area contributed by atoms with E-state index in [9.17, 15) is 4.79 Å². The fourth-order valence-corrected chi connectivity index (χ4v) is 3.22. The monoisotopic (exact) mass is 474 g/mol. The van der Waals surface area contributed by atoms with Crippen molar-refractivity contribution in [2.24, 2.45) is 4.99 Å². The summed E-state index contributed by atoms with van der Waals surface area (Å²) in [5.74, 6) is 1.83. The van der Waals surface area contributed by atoms with Crippen LogP contribution in [-0.4, -0.2) is 74.3 Å². The SMILES string of the molecule is CCOC(=O)N1CCN(C(=NC)NCC2Cc3ccccc3O2)CC1.I. The highest BCUT2D eigenvalue weighted by atomic mass is 127. The summed E-state index contributed by atoms with van der Waals surface area (Å²) < 4.78 is 11.0. The van der Waals surface area contributed by atoms with Gasteiger partial charge < -0.3 is 24.6 Å². The maximum atomic E-state index is 11.8. The first kappa shape index (κ1) is 20.6. The number of piperazine rings is 1. The second kappa shape index (κ2) is 9.84. The Morgan fingerprint density at radius 1 is 1.27 bits per heavy atom. The highest BCUT2D eigenvalue weighted by Crippen LogP contribution is 2.27. The van der Waals surface area contributed by atoms with Crippen LogP contribution in [0.3, 0.4) is 0 Å². The Labute approximate surface area is 171 Å². The predicted molar refractivity (Wildman–Crippen MR) is 112 cm³/mol. The third-order valence-electron chi connectivity index (χ3n) is 4.52. The van der Waals surface area contributed by atoms with Crippen LogP contribution in [0.2, 0.25) is 0 Å². The van der Waals surface area contributed by atoms with E-state index in [0.29, 0.717) is 26.2 Å². The van der Waals surface area contributed by atoms with Crippen LogP contribution in [0.4, 0.5) is 4.79 Å². The quantitative estimate of drug-likeness (QED) is 0.412. The Bertz CT molecular complexity index is 608. The number of ether oxygens (including phenoxy) is 2. The smallest absolute Gasteiger partial charge is 0.409 e. The van der Waals surface area contributed by atoms with Crippen LogP contribution in [0.1, 0.15) is 12.5 Å². The number of nitrogens with one attached hydrogen (secondary N) is 1. The summed E-state index contributed by atoms with van der Waals surface area (Å²) in [6.07, 6.45) is 0.800. The summed E-state index contributed by atoms with van der Waals surface area (Å²) in [5, 5.41) is 3.40. The zero-order valence-electron chi connectivity index (χ0n) is 15.3. The van der Waals surface area contributed by atoms with Crippen LogP contribution >= 0.6 is 24.0 Å². The van der Waals surface area contributed by atoms with E-state index >= 15 is 0 Å². The Kier molecular flexibility index (Phi) is 7.80. The van der Waals surface area contributed by atoms with Gasteiger partial charge in [-0.3, -0.25) is 4.99 Å². The predicted octanol–water partition coefficient (Wildman–Crippen LogP) is 1.96. The molecule has 1 aromatic rings. The molecule has 1 fully saturated rings. The number of fused-ring (bicyclic) bond motifs is 1. The number of hydrogen-bond acceptors (Lipinski definition) is 4. The van der Waals surface area contributed by atoms with Crippen molar-refractivity contribution >= 4 is 36.0 Å². The number of rotatable bonds is 3. The lowest BCUT2D eigenvalue weighted by Crippen LogP contribution is -2.54. The van der Waals surface area contributed by atoms with Gasteiger partial charge in [-0.25, -0.2) is 4.79 Å². The third kappa shape index (κ3) is 4.93. The number of carbonyl (C=O) groups excluding carboxylic acids is 1. The van der Waals surface area contributed by atoms with Crippen LogP contribution in [0.15, 0.2) is 29.3 Å². The molecule has 0 aliphatic carbocycles. The lowest BCUT2D eigenvalue weighted by Gasteiger charge is -2.36. The van der Waals surface area contributed by atoms with Crippen LogP contribution in [0, 0.1) is 0 Å². The van der Waals surface area contributed by atoms with Crippen molar-refractivity contribution in [1.82, 2.24) is 15.1 Å². The van der Waals surface area contributed by atoms with Gasteiger partial charge in [0.15, 0.2) is 5.96 Å². The molecule has 8 heteroatoms. The molecule has 1 N–H and O–H groups in total. The van der Waals surface area contributed by atoms with Crippen molar-refractivity contribution < 1.29 is 14.3 Å². The summed E-state index contributed by atoms with van der Waals surface area (Å²) in [6, 6.07) is 8.16. The molecular formula is C18H27IN4O3. The molecular weight excluding hydrogens is 447 g/mol. The van der Waals surface area contributed by atoms with Gasteiger partial charge >= 0.3 is 6.09 Å². The maximum absolute atomic E-state index is 11.8. The van der Waals surface area contributed by atoms with Crippen LogP contribution < -0.4 is 10.1 Å². The fourth-order valence-electron chi connectivity index (χ4n) is 3.22. The molecule has 3 rings (SSSR count). The number of carbonyl (C=O) groups is 1. The second-order valence-electron chi connectivity index (χ2n) is 6.15. The molecule has 0 spiro atoms. The number of benzene rings is 1. The van der Waals surface area contributed by atoms with E-state index in [-0.39, 0.29) is 36.2 Å². The van der Waals surface area contributed by atoms with Crippen molar-refractivity contribution in [3.63, 3.8) is 0 Å². The lowest BCUT2D eigenvalue weighted by atomic mass is 10.1. The fraction of sp³-hybridized carbons (Fsp3) is 0.556. The maximum Gasteiger partial charge on any atom is 0.409 e. The van der Waals surface area contributed by atoms with Crippen LogP contribution in [0.25, 0.3) is 0 Å². The molecule has 1 aromatic carbocycles. The van der Waals surface area contributed by atoms with Gasteiger partial charge in [-0.1, -0.05) is 18.2 Å². The average Bonchev–Trinajstić information content (AvgIpc) is 3.06. The minimum atomic E-state index is -0.234. The topological polar surface area (TPSA) is 66.4 Å². The number of para-hydroxylation sites is 1. The number of amides is 1. The molecule has 0 saturated carbocycles. The highest BCUT2D eigenvalue weighted by Gasteiger charge is 2.26. The minimum absolute atomic E-state index is 0. The van der Waals surface area contributed by atoms with Crippen molar-refractivity contribution in [2.45, 2.75) is 19.4 Å². The first-order chi connectivity index (χ1) is 12.2. The molecule has 2 aliphatic rings. The first-order valence-electron chi connectivity index (χ1n) is 8.83. The van der Waals surface area contributed by atoms with Crippen molar-refractivity contribution in [3.8, 4) is 5.75 Å². The summed E-state index contributed by atoms with van der Waals surface area (Å²) in [7, 11) is 1.78. The van der Waals surface area contributed by atoms with Gasteiger partial charge in [0.2, 0.25) is 0 Å². The molecule has 1 saturated heterocycles.